The summed E-state index contributed by atoms with van der Waals surface area (Å²) in [6.45, 7) is 5.15. The molecule has 0 saturated heterocycles. The molecule has 0 aliphatic heterocycles. The van der Waals surface area contributed by atoms with E-state index in [1.54, 1.807) is 0 Å². The van der Waals surface area contributed by atoms with Crippen LogP contribution in [-0.2, 0) is 14.3 Å². The first-order chi connectivity index (χ1) is 29.2. The molecule has 1 unspecified atom stereocenters. The Labute approximate surface area is 365 Å². The van der Waals surface area contributed by atoms with Gasteiger partial charge in [0.2, 0.25) is 0 Å². The second-order valence-corrected chi connectivity index (χ2v) is 15.8. The normalized spacial score (nSPS) is 13.3. The molecule has 336 valence electrons. The van der Waals surface area contributed by atoms with Crippen molar-refractivity contribution in [1.82, 2.24) is 0 Å². The van der Waals surface area contributed by atoms with Gasteiger partial charge in [-0.3, -0.25) is 4.79 Å². The van der Waals surface area contributed by atoms with Gasteiger partial charge in [-0.2, -0.15) is 0 Å². The van der Waals surface area contributed by atoms with E-state index >= 15 is 0 Å². The number of carbonyl (C=O) groups is 1. The third-order valence-corrected chi connectivity index (χ3v) is 10.1. The van der Waals surface area contributed by atoms with E-state index in [1.807, 2.05) is 0 Å². The Balaban J connectivity index is 3.56. The first-order valence-electron chi connectivity index (χ1n) is 24.5. The molecule has 0 aromatic rings. The molecule has 1 atom stereocenters. The number of aliphatic hydroxyl groups excluding tert-OH is 1. The molecule has 0 heterocycles. The van der Waals surface area contributed by atoms with Crippen LogP contribution in [-0.4, -0.2) is 37.0 Å². The Morgan fingerprint density at radius 3 is 1.15 bits per heavy atom. The largest absolute Gasteiger partial charge is 0.457 e. The summed E-state index contributed by atoms with van der Waals surface area (Å²) in [7, 11) is 0. The average molecular weight is 817 g/mol. The van der Waals surface area contributed by atoms with Gasteiger partial charge in [0.15, 0.2) is 0 Å². The lowest BCUT2D eigenvalue weighted by Gasteiger charge is -2.15. The fraction of sp³-hybridized carbons (Fsp3) is 0.655. The summed E-state index contributed by atoms with van der Waals surface area (Å²) in [4.78, 5) is 12.2. The van der Waals surface area contributed by atoms with Gasteiger partial charge >= 0.3 is 5.97 Å². The molecular weight excluding hydrogens is 725 g/mol. The maximum atomic E-state index is 12.2. The lowest BCUT2D eigenvalue weighted by Crippen LogP contribution is -2.27. The molecule has 0 fully saturated rings. The van der Waals surface area contributed by atoms with E-state index in [-0.39, 0.29) is 19.2 Å². The fourth-order valence-corrected chi connectivity index (χ4v) is 6.47. The Kier molecular flexibility index (Phi) is 48.6. The first-order valence-corrected chi connectivity index (χ1v) is 24.5. The minimum Gasteiger partial charge on any atom is -0.457 e. The summed E-state index contributed by atoms with van der Waals surface area (Å²) >= 11 is 0. The Morgan fingerprint density at radius 1 is 0.424 bits per heavy atom. The van der Waals surface area contributed by atoms with Crippen molar-refractivity contribution in [3.63, 3.8) is 0 Å². The maximum Gasteiger partial charge on any atom is 0.306 e. The molecule has 0 aliphatic carbocycles. The number of hydrogen-bond donors (Lipinski definition) is 1. The van der Waals surface area contributed by atoms with Crippen molar-refractivity contribution in [2.45, 2.75) is 213 Å². The van der Waals surface area contributed by atoms with Crippen LogP contribution in [0.3, 0.4) is 0 Å². The number of allylic oxidation sites excluding steroid dienone is 18. The highest BCUT2D eigenvalue weighted by molar-refractivity contribution is 5.69. The summed E-state index contributed by atoms with van der Waals surface area (Å²) in [5.74, 6) is -0.261. The molecule has 0 aliphatic rings. The van der Waals surface area contributed by atoms with Gasteiger partial charge in [0.1, 0.15) is 6.10 Å². The third kappa shape index (κ3) is 49.3. The summed E-state index contributed by atoms with van der Waals surface area (Å²) in [5, 5.41) is 9.63. The van der Waals surface area contributed by atoms with Crippen LogP contribution in [0.4, 0.5) is 0 Å². The number of ether oxygens (including phenoxy) is 2. The first kappa shape index (κ1) is 56.0. The summed E-state index contributed by atoms with van der Waals surface area (Å²) in [6.07, 6.45) is 74.6. The standard InChI is InChI=1S/C55H92O4/c1-3-5-7-9-11-13-15-17-19-21-23-25-27-29-31-33-35-37-39-41-43-45-47-49-51-58-53-54(52-56)59-55(57)50-48-46-44-42-40-38-36-34-32-30-28-26-24-22-20-18-16-14-12-10-8-6-4-2/h6,8,12,14-15,17-18,20-21,23-24,26,30,32,36,38,42,44,54,56H,3-5,7,9-11,13,16,19,22,25,27-29,31,33-35,37,39-41,43,45-53H2,1-2H3/b8-6-,14-12-,17-15-,20-18-,23-21-,26-24-,32-30-,38-36-,44-42-. The smallest absolute Gasteiger partial charge is 0.306 e. The van der Waals surface area contributed by atoms with E-state index in [4.69, 9.17) is 9.47 Å². The zero-order valence-corrected chi connectivity index (χ0v) is 38.5. The van der Waals surface area contributed by atoms with Crippen LogP contribution in [0.15, 0.2) is 109 Å². The molecule has 4 heteroatoms. The van der Waals surface area contributed by atoms with Crippen LogP contribution < -0.4 is 0 Å². The van der Waals surface area contributed by atoms with E-state index in [1.165, 1.54) is 116 Å². The SMILES string of the molecule is CC/C=C\C/C=C\C/C=C\C/C=C\C/C=C\C/C=C\C/C=C\CCCC(=O)OC(CO)COCCCCCCCCCCCCCC/C=C\C/C=C\CCCCCCC. The molecule has 59 heavy (non-hydrogen) atoms. The highest BCUT2D eigenvalue weighted by Gasteiger charge is 2.13. The van der Waals surface area contributed by atoms with Gasteiger partial charge < -0.3 is 14.6 Å². The topological polar surface area (TPSA) is 55.8 Å². The van der Waals surface area contributed by atoms with Crippen LogP contribution in [0, 0.1) is 0 Å². The molecule has 0 aromatic heterocycles. The van der Waals surface area contributed by atoms with E-state index in [9.17, 15) is 9.90 Å². The number of esters is 1. The van der Waals surface area contributed by atoms with Crippen molar-refractivity contribution in [3.05, 3.63) is 109 Å². The van der Waals surface area contributed by atoms with Gasteiger partial charge in [-0.25, -0.2) is 0 Å². The Bertz CT molecular complexity index is 1130. The lowest BCUT2D eigenvalue weighted by atomic mass is 10.0. The van der Waals surface area contributed by atoms with Crippen molar-refractivity contribution in [3.8, 4) is 0 Å². The van der Waals surface area contributed by atoms with Crippen molar-refractivity contribution >= 4 is 5.97 Å². The number of unbranched alkanes of at least 4 members (excludes halogenated alkanes) is 18. The van der Waals surface area contributed by atoms with E-state index in [0.717, 1.165) is 70.6 Å². The summed E-state index contributed by atoms with van der Waals surface area (Å²) in [5.41, 5.74) is 0. The minimum atomic E-state index is -0.574. The van der Waals surface area contributed by atoms with Crippen LogP contribution >= 0.6 is 0 Å². The minimum absolute atomic E-state index is 0.202. The molecule has 0 amide bonds. The van der Waals surface area contributed by atoms with Crippen LogP contribution in [0.1, 0.15) is 206 Å². The molecule has 4 nitrogen and oxygen atoms in total. The summed E-state index contributed by atoms with van der Waals surface area (Å²) in [6, 6.07) is 0. The zero-order chi connectivity index (χ0) is 42.6. The highest BCUT2D eigenvalue weighted by atomic mass is 16.6. The Hall–Kier alpha value is -2.95. The zero-order valence-electron chi connectivity index (χ0n) is 38.5. The molecule has 0 aromatic carbocycles. The van der Waals surface area contributed by atoms with Gasteiger partial charge in [-0.15, -0.1) is 0 Å². The van der Waals surface area contributed by atoms with Crippen LogP contribution in [0.5, 0.6) is 0 Å². The van der Waals surface area contributed by atoms with Gasteiger partial charge in [0.05, 0.1) is 13.2 Å². The second-order valence-electron chi connectivity index (χ2n) is 15.8. The van der Waals surface area contributed by atoms with Gasteiger partial charge in [-0.05, 0) is 96.3 Å². The molecular formula is C55H92O4. The molecule has 1 N–H and O–H groups in total. The number of hydrogen-bond acceptors (Lipinski definition) is 4. The van der Waals surface area contributed by atoms with Crippen molar-refractivity contribution in [1.29, 1.82) is 0 Å². The number of carbonyl (C=O) groups excluding carboxylic acids is 1. The summed E-state index contributed by atoms with van der Waals surface area (Å²) < 4.78 is 11.2. The monoisotopic (exact) mass is 817 g/mol. The predicted octanol–water partition coefficient (Wildman–Crippen LogP) is 16.7. The van der Waals surface area contributed by atoms with Gasteiger partial charge in [0, 0.05) is 13.0 Å². The quantitative estimate of drug-likeness (QED) is 0.0378. The van der Waals surface area contributed by atoms with Crippen molar-refractivity contribution in [2.24, 2.45) is 0 Å². The third-order valence-electron chi connectivity index (χ3n) is 10.1. The van der Waals surface area contributed by atoms with Crippen molar-refractivity contribution in [2.75, 3.05) is 19.8 Å². The van der Waals surface area contributed by atoms with Crippen LogP contribution in [0.2, 0.25) is 0 Å². The maximum absolute atomic E-state index is 12.2. The Morgan fingerprint density at radius 2 is 0.763 bits per heavy atom. The fourth-order valence-electron chi connectivity index (χ4n) is 6.47. The van der Waals surface area contributed by atoms with E-state index in [0.29, 0.717) is 13.0 Å². The molecule has 0 rings (SSSR count). The van der Waals surface area contributed by atoms with Crippen LogP contribution in [0.25, 0.3) is 0 Å². The van der Waals surface area contributed by atoms with Gasteiger partial charge in [0.25, 0.3) is 0 Å². The van der Waals surface area contributed by atoms with E-state index < -0.39 is 6.10 Å². The average Bonchev–Trinajstić information content (AvgIpc) is 3.24. The molecule has 0 radical (unpaired) electrons. The number of rotatable bonds is 44. The predicted molar refractivity (Wildman–Crippen MR) is 260 cm³/mol. The lowest BCUT2D eigenvalue weighted by molar-refractivity contribution is -0.154. The van der Waals surface area contributed by atoms with E-state index in [2.05, 4.69) is 123 Å². The van der Waals surface area contributed by atoms with Gasteiger partial charge in [-0.1, -0.05) is 213 Å². The number of aliphatic hydroxyl groups is 1. The van der Waals surface area contributed by atoms with Crippen molar-refractivity contribution < 1.29 is 19.4 Å². The highest BCUT2D eigenvalue weighted by Crippen LogP contribution is 2.13. The second kappa shape index (κ2) is 51.2. The molecule has 0 bridgehead atoms. The molecule has 0 spiro atoms. The molecule has 0 saturated carbocycles.